The van der Waals surface area contributed by atoms with Crippen LogP contribution in [0.4, 0.5) is 0 Å². The van der Waals surface area contributed by atoms with Crippen molar-refractivity contribution in [2.75, 3.05) is 0 Å². The summed E-state index contributed by atoms with van der Waals surface area (Å²) in [5, 5.41) is 17.9. The van der Waals surface area contributed by atoms with E-state index in [2.05, 4.69) is 30.3 Å². The maximum atomic E-state index is 8.98. The van der Waals surface area contributed by atoms with Gasteiger partial charge in [0.1, 0.15) is 0 Å². The van der Waals surface area contributed by atoms with Crippen molar-refractivity contribution in [1.82, 2.24) is 0 Å². The van der Waals surface area contributed by atoms with Crippen LogP contribution >= 0.6 is 0 Å². The molecular weight excluding hydrogens is 292 g/mol. The van der Waals surface area contributed by atoms with E-state index in [9.17, 15) is 0 Å². The van der Waals surface area contributed by atoms with Gasteiger partial charge in [0.2, 0.25) is 0 Å². The van der Waals surface area contributed by atoms with Gasteiger partial charge in [-0.25, -0.2) is 0 Å². The van der Waals surface area contributed by atoms with Gasteiger partial charge in [-0.15, -0.1) is 0 Å². The SMILES string of the molecule is N#Cc1ccc(/C=C(\c2ccccc2)c2ccc(C#N)cc2)cc1. The van der Waals surface area contributed by atoms with Gasteiger partial charge in [0.05, 0.1) is 23.3 Å². The van der Waals surface area contributed by atoms with Crippen LogP contribution in [-0.2, 0) is 0 Å². The molecule has 0 aliphatic carbocycles. The highest BCUT2D eigenvalue weighted by molar-refractivity contribution is 5.91. The summed E-state index contributed by atoms with van der Waals surface area (Å²) in [7, 11) is 0. The van der Waals surface area contributed by atoms with E-state index in [1.54, 1.807) is 0 Å². The van der Waals surface area contributed by atoms with Crippen molar-refractivity contribution in [3.63, 3.8) is 0 Å². The van der Waals surface area contributed by atoms with Gasteiger partial charge in [0.25, 0.3) is 0 Å². The van der Waals surface area contributed by atoms with Gasteiger partial charge in [0.15, 0.2) is 0 Å². The molecule has 2 nitrogen and oxygen atoms in total. The monoisotopic (exact) mass is 306 g/mol. The third-order valence-corrected chi connectivity index (χ3v) is 3.76. The molecule has 0 aliphatic heterocycles. The first kappa shape index (κ1) is 15.3. The molecule has 0 atom stereocenters. The second-order valence-corrected chi connectivity index (χ2v) is 5.35. The molecule has 2 heteroatoms. The normalized spacial score (nSPS) is 10.7. The molecule has 0 fully saturated rings. The van der Waals surface area contributed by atoms with E-state index in [-0.39, 0.29) is 0 Å². The minimum Gasteiger partial charge on any atom is -0.192 e. The first-order valence-corrected chi connectivity index (χ1v) is 7.58. The molecule has 0 saturated carbocycles. The fourth-order valence-corrected chi connectivity index (χ4v) is 2.50. The van der Waals surface area contributed by atoms with Gasteiger partial charge in [-0.2, -0.15) is 10.5 Å². The fourth-order valence-electron chi connectivity index (χ4n) is 2.50. The van der Waals surface area contributed by atoms with Crippen molar-refractivity contribution in [3.8, 4) is 12.1 Å². The molecule has 0 bridgehead atoms. The molecule has 0 N–H and O–H groups in total. The lowest BCUT2D eigenvalue weighted by Crippen LogP contribution is -1.89. The molecule has 0 aliphatic rings. The summed E-state index contributed by atoms with van der Waals surface area (Å²) in [6.07, 6.45) is 2.10. The van der Waals surface area contributed by atoms with E-state index in [4.69, 9.17) is 10.5 Å². The predicted octanol–water partition coefficient (Wildman–Crippen LogP) is 5.02. The Hall–Kier alpha value is -3.62. The van der Waals surface area contributed by atoms with Crippen LogP contribution in [0.15, 0.2) is 78.9 Å². The molecule has 112 valence electrons. The zero-order chi connectivity index (χ0) is 16.8. The Bertz CT molecular complexity index is 936. The summed E-state index contributed by atoms with van der Waals surface area (Å²) in [4.78, 5) is 0. The van der Waals surface area contributed by atoms with Crippen molar-refractivity contribution in [2.45, 2.75) is 0 Å². The largest absolute Gasteiger partial charge is 0.192 e. The minimum absolute atomic E-state index is 0.643. The number of nitrogens with zero attached hydrogens (tertiary/aromatic N) is 2. The maximum absolute atomic E-state index is 8.98. The molecule has 0 saturated heterocycles. The number of rotatable bonds is 3. The molecule has 0 spiro atoms. The van der Waals surface area contributed by atoms with Gasteiger partial charge in [0, 0.05) is 0 Å². The van der Waals surface area contributed by atoms with Crippen molar-refractivity contribution in [1.29, 1.82) is 10.5 Å². The van der Waals surface area contributed by atoms with E-state index in [1.807, 2.05) is 66.7 Å². The van der Waals surface area contributed by atoms with Gasteiger partial charge in [-0.1, -0.05) is 54.6 Å². The highest BCUT2D eigenvalue weighted by Crippen LogP contribution is 2.26. The number of hydrogen-bond acceptors (Lipinski definition) is 2. The lowest BCUT2D eigenvalue weighted by molar-refractivity contribution is 1.47. The highest BCUT2D eigenvalue weighted by Gasteiger charge is 2.05. The Morgan fingerprint density at radius 3 is 1.67 bits per heavy atom. The van der Waals surface area contributed by atoms with Crippen LogP contribution in [0.2, 0.25) is 0 Å². The second kappa shape index (κ2) is 7.09. The average Bonchev–Trinajstić information content (AvgIpc) is 2.67. The van der Waals surface area contributed by atoms with Crippen molar-refractivity contribution < 1.29 is 0 Å². The van der Waals surface area contributed by atoms with E-state index in [0.717, 1.165) is 22.3 Å². The molecule has 3 rings (SSSR count). The average molecular weight is 306 g/mol. The first-order chi connectivity index (χ1) is 11.8. The van der Waals surface area contributed by atoms with E-state index < -0.39 is 0 Å². The standard InChI is InChI=1S/C22H14N2/c23-15-18-8-6-17(7-9-18)14-22(20-4-2-1-3-5-20)21-12-10-19(16-24)11-13-21/h1-14H/b22-14+. The summed E-state index contributed by atoms with van der Waals surface area (Å²) in [5.41, 5.74) is 5.54. The summed E-state index contributed by atoms with van der Waals surface area (Å²) >= 11 is 0. The number of benzene rings is 3. The first-order valence-electron chi connectivity index (χ1n) is 7.58. The smallest absolute Gasteiger partial charge is 0.0991 e. The summed E-state index contributed by atoms with van der Waals surface area (Å²) in [6.45, 7) is 0. The molecule has 0 radical (unpaired) electrons. The van der Waals surface area contributed by atoms with Crippen LogP contribution in [0.3, 0.4) is 0 Å². The van der Waals surface area contributed by atoms with Gasteiger partial charge in [-0.3, -0.25) is 0 Å². The summed E-state index contributed by atoms with van der Waals surface area (Å²) < 4.78 is 0. The Morgan fingerprint density at radius 1 is 0.625 bits per heavy atom. The minimum atomic E-state index is 0.643. The molecule has 0 amide bonds. The molecule has 24 heavy (non-hydrogen) atoms. The third-order valence-electron chi connectivity index (χ3n) is 3.76. The quantitative estimate of drug-likeness (QED) is 0.638. The molecule has 0 unspecified atom stereocenters. The predicted molar refractivity (Wildman–Crippen MR) is 95.7 cm³/mol. The molecule has 0 heterocycles. The Morgan fingerprint density at radius 2 is 1.12 bits per heavy atom. The van der Waals surface area contributed by atoms with Crippen LogP contribution in [0.25, 0.3) is 11.6 Å². The lowest BCUT2D eigenvalue weighted by atomic mass is 9.95. The van der Waals surface area contributed by atoms with Crippen LogP contribution in [0.5, 0.6) is 0 Å². The van der Waals surface area contributed by atoms with Crippen LogP contribution < -0.4 is 0 Å². The zero-order valence-corrected chi connectivity index (χ0v) is 13.0. The maximum Gasteiger partial charge on any atom is 0.0991 e. The second-order valence-electron chi connectivity index (χ2n) is 5.35. The summed E-state index contributed by atoms with van der Waals surface area (Å²) in [6, 6.07) is 29.5. The molecule has 3 aromatic rings. The van der Waals surface area contributed by atoms with Gasteiger partial charge in [-0.05, 0) is 52.6 Å². The Kier molecular flexibility index (Phi) is 4.52. The van der Waals surface area contributed by atoms with Gasteiger partial charge < -0.3 is 0 Å². The highest BCUT2D eigenvalue weighted by atomic mass is 14.2. The lowest BCUT2D eigenvalue weighted by Gasteiger charge is -2.09. The van der Waals surface area contributed by atoms with Gasteiger partial charge >= 0.3 is 0 Å². The van der Waals surface area contributed by atoms with E-state index in [0.29, 0.717) is 11.1 Å². The van der Waals surface area contributed by atoms with Crippen LogP contribution in [0, 0.1) is 22.7 Å². The fraction of sp³-hybridized carbons (Fsp3) is 0. The molecular formula is C22H14N2. The summed E-state index contributed by atoms with van der Waals surface area (Å²) in [5.74, 6) is 0. The van der Waals surface area contributed by atoms with E-state index in [1.165, 1.54) is 0 Å². The van der Waals surface area contributed by atoms with Crippen LogP contribution in [0.1, 0.15) is 27.8 Å². The van der Waals surface area contributed by atoms with Crippen molar-refractivity contribution >= 4 is 11.6 Å². The van der Waals surface area contributed by atoms with E-state index >= 15 is 0 Å². The molecule has 0 aromatic heterocycles. The van der Waals surface area contributed by atoms with Crippen molar-refractivity contribution in [3.05, 3.63) is 107 Å². The number of nitriles is 2. The number of hydrogen-bond donors (Lipinski definition) is 0. The Labute approximate surface area is 141 Å². The third kappa shape index (κ3) is 3.40. The van der Waals surface area contributed by atoms with Crippen LogP contribution in [-0.4, -0.2) is 0 Å². The Balaban J connectivity index is 2.09. The zero-order valence-electron chi connectivity index (χ0n) is 13.0. The van der Waals surface area contributed by atoms with Crippen molar-refractivity contribution in [2.24, 2.45) is 0 Å². The topological polar surface area (TPSA) is 47.6 Å². The molecule has 3 aromatic carbocycles.